The maximum absolute atomic E-state index is 9.40. The number of hydrogen-bond acceptors (Lipinski definition) is 4. The first-order valence-corrected chi connectivity index (χ1v) is 4.32. The molecule has 1 rings (SSSR count). The van der Waals surface area contributed by atoms with E-state index in [2.05, 4.69) is 10.2 Å². The number of rotatable bonds is 5. The highest BCUT2D eigenvalue weighted by atomic mass is 16.5. The number of methoxy groups -OCH3 is 1. The molecule has 1 aliphatic heterocycles. The van der Waals surface area contributed by atoms with E-state index in [9.17, 15) is 5.11 Å². The van der Waals surface area contributed by atoms with Crippen LogP contribution >= 0.6 is 0 Å². The zero-order chi connectivity index (χ0) is 8.97. The Hall–Kier alpha value is -0.160. The van der Waals surface area contributed by atoms with E-state index >= 15 is 0 Å². The lowest BCUT2D eigenvalue weighted by Crippen LogP contribution is -2.57. The Morgan fingerprint density at radius 3 is 2.75 bits per heavy atom. The van der Waals surface area contributed by atoms with Gasteiger partial charge in [-0.25, -0.2) is 0 Å². The lowest BCUT2D eigenvalue weighted by Gasteiger charge is -2.36. The summed E-state index contributed by atoms with van der Waals surface area (Å²) in [5.74, 6) is 0. The first kappa shape index (κ1) is 9.92. The summed E-state index contributed by atoms with van der Waals surface area (Å²) >= 11 is 0. The molecule has 1 fully saturated rings. The Labute approximate surface area is 73.5 Å². The number of likely N-dealkylation sites (N-methyl/N-ethyl adjacent to an activating group) is 1. The quantitative estimate of drug-likeness (QED) is 0.555. The second-order valence-electron chi connectivity index (χ2n) is 3.36. The van der Waals surface area contributed by atoms with Crippen LogP contribution in [0.1, 0.15) is 0 Å². The van der Waals surface area contributed by atoms with E-state index in [0.29, 0.717) is 19.2 Å². The molecule has 1 unspecified atom stereocenters. The van der Waals surface area contributed by atoms with Crippen LogP contribution in [-0.4, -0.2) is 62.6 Å². The van der Waals surface area contributed by atoms with Crippen molar-refractivity contribution in [1.29, 1.82) is 0 Å². The number of nitrogens with zero attached hydrogens (tertiary/aromatic N) is 1. The summed E-state index contributed by atoms with van der Waals surface area (Å²) < 4.78 is 4.84. The van der Waals surface area contributed by atoms with Gasteiger partial charge in [0, 0.05) is 32.8 Å². The monoisotopic (exact) mass is 174 g/mol. The first-order chi connectivity index (χ1) is 5.74. The second-order valence-corrected chi connectivity index (χ2v) is 3.36. The molecule has 2 N–H and O–H groups in total. The molecule has 1 atom stereocenters. The highest BCUT2D eigenvalue weighted by Crippen LogP contribution is 2.02. The summed E-state index contributed by atoms with van der Waals surface area (Å²) in [6.07, 6.45) is -0.361. The summed E-state index contributed by atoms with van der Waals surface area (Å²) in [6.45, 7) is 3.19. The summed E-state index contributed by atoms with van der Waals surface area (Å²) in [5, 5.41) is 12.6. The number of nitrogens with one attached hydrogen (secondary N) is 1. The third-order valence-corrected chi connectivity index (χ3v) is 2.24. The Bertz CT molecular complexity index is 128. The lowest BCUT2D eigenvalue weighted by molar-refractivity contribution is 0.0280. The van der Waals surface area contributed by atoms with Crippen molar-refractivity contribution in [3.8, 4) is 0 Å². The molecule has 0 aromatic carbocycles. The molecule has 1 heterocycles. The van der Waals surface area contributed by atoms with Crippen molar-refractivity contribution in [3.63, 3.8) is 0 Å². The largest absolute Gasteiger partial charge is 0.389 e. The molecular weight excluding hydrogens is 156 g/mol. The van der Waals surface area contributed by atoms with Gasteiger partial charge < -0.3 is 15.2 Å². The van der Waals surface area contributed by atoms with Crippen LogP contribution in [0.2, 0.25) is 0 Å². The van der Waals surface area contributed by atoms with E-state index in [1.165, 1.54) is 0 Å². The molecule has 0 radical (unpaired) electrons. The van der Waals surface area contributed by atoms with Crippen LogP contribution in [0, 0.1) is 0 Å². The minimum Gasteiger partial charge on any atom is -0.389 e. The Morgan fingerprint density at radius 2 is 2.33 bits per heavy atom. The molecule has 1 aliphatic rings. The normalized spacial score (nSPS) is 21.0. The number of ether oxygens (including phenoxy) is 1. The van der Waals surface area contributed by atoms with Crippen molar-refractivity contribution in [2.45, 2.75) is 12.1 Å². The van der Waals surface area contributed by atoms with E-state index in [1.54, 1.807) is 7.11 Å². The Kier molecular flexibility index (Phi) is 3.94. The van der Waals surface area contributed by atoms with E-state index in [1.807, 2.05) is 7.05 Å². The maximum atomic E-state index is 9.40. The van der Waals surface area contributed by atoms with Crippen LogP contribution in [0.15, 0.2) is 0 Å². The van der Waals surface area contributed by atoms with Crippen molar-refractivity contribution < 1.29 is 9.84 Å². The topological polar surface area (TPSA) is 44.7 Å². The lowest BCUT2D eigenvalue weighted by atomic mass is 10.1. The second kappa shape index (κ2) is 4.77. The van der Waals surface area contributed by atoms with Gasteiger partial charge in [0.15, 0.2) is 0 Å². The summed E-state index contributed by atoms with van der Waals surface area (Å²) in [7, 11) is 3.64. The average molecular weight is 174 g/mol. The molecule has 72 valence electrons. The van der Waals surface area contributed by atoms with Crippen molar-refractivity contribution in [2.75, 3.05) is 40.4 Å². The molecule has 1 saturated heterocycles. The molecule has 0 aromatic rings. The number of hydrogen-bond donors (Lipinski definition) is 2. The van der Waals surface area contributed by atoms with Gasteiger partial charge in [-0.2, -0.15) is 0 Å². The average Bonchev–Trinajstić information content (AvgIpc) is 1.82. The molecule has 4 nitrogen and oxygen atoms in total. The van der Waals surface area contributed by atoms with Crippen molar-refractivity contribution >= 4 is 0 Å². The summed E-state index contributed by atoms with van der Waals surface area (Å²) in [6, 6.07) is 0.594. The third-order valence-electron chi connectivity index (χ3n) is 2.24. The maximum Gasteiger partial charge on any atom is 0.0900 e. The van der Waals surface area contributed by atoms with Crippen LogP contribution in [0.3, 0.4) is 0 Å². The van der Waals surface area contributed by atoms with Crippen LogP contribution in [0.4, 0.5) is 0 Å². The van der Waals surface area contributed by atoms with Gasteiger partial charge in [0.05, 0.1) is 12.7 Å². The highest BCUT2D eigenvalue weighted by Gasteiger charge is 2.22. The van der Waals surface area contributed by atoms with E-state index in [0.717, 1.165) is 13.1 Å². The van der Waals surface area contributed by atoms with Gasteiger partial charge >= 0.3 is 0 Å². The molecule has 0 aromatic heterocycles. The number of aliphatic hydroxyl groups excluding tert-OH is 1. The fourth-order valence-electron chi connectivity index (χ4n) is 1.31. The minimum absolute atomic E-state index is 0.361. The molecule has 12 heavy (non-hydrogen) atoms. The summed E-state index contributed by atoms with van der Waals surface area (Å²) in [5.41, 5.74) is 0. The zero-order valence-corrected chi connectivity index (χ0v) is 7.79. The van der Waals surface area contributed by atoms with E-state index in [4.69, 9.17) is 4.74 Å². The van der Waals surface area contributed by atoms with Crippen molar-refractivity contribution in [3.05, 3.63) is 0 Å². The highest BCUT2D eigenvalue weighted by molar-refractivity contribution is 4.83. The standard InChI is InChI=1S/C8H18N2O2/c1-10(7-3-9-4-7)5-8(11)6-12-2/h7-9,11H,3-6H2,1-2H3. The van der Waals surface area contributed by atoms with Crippen LogP contribution in [0.25, 0.3) is 0 Å². The number of aliphatic hydroxyl groups is 1. The van der Waals surface area contributed by atoms with Gasteiger partial charge in [-0.3, -0.25) is 4.90 Å². The first-order valence-electron chi connectivity index (χ1n) is 4.32. The molecule has 0 amide bonds. The smallest absolute Gasteiger partial charge is 0.0900 e. The fourth-order valence-corrected chi connectivity index (χ4v) is 1.31. The van der Waals surface area contributed by atoms with E-state index in [-0.39, 0.29) is 6.10 Å². The zero-order valence-electron chi connectivity index (χ0n) is 7.79. The van der Waals surface area contributed by atoms with Gasteiger partial charge in [0.2, 0.25) is 0 Å². The molecule has 4 heteroatoms. The van der Waals surface area contributed by atoms with Gasteiger partial charge in [0.25, 0.3) is 0 Å². The Morgan fingerprint density at radius 1 is 1.67 bits per heavy atom. The Balaban J connectivity index is 2.11. The van der Waals surface area contributed by atoms with Crippen molar-refractivity contribution in [2.24, 2.45) is 0 Å². The summed E-state index contributed by atoms with van der Waals surface area (Å²) in [4.78, 5) is 2.17. The fraction of sp³-hybridized carbons (Fsp3) is 1.00. The molecule has 0 bridgehead atoms. The molecule has 0 saturated carbocycles. The van der Waals surface area contributed by atoms with Gasteiger partial charge in [-0.05, 0) is 7.05 Å². The molecule has 0 spiro atoms. The predicted molar refractivity (Wildman–Crippen MR) is 47.2 cm³/mol. The third kappa shape index (κ3) is 2.71. The van der Waals surface area contributed by atoms with Crippen LogP contribution < -0.4 is 5.32 Å². The van der Waals surface area contributed by atoms with Gasteiger partial charge in [-0.15, -0.1) is 0 Å². The predicted octanol–water partition coefficient (Wildman–Crippen LogP) is -1.10. The van der Waals surface area contributed by atoms with Gasteiger partial charge in [-0.1, -0.05) is 0 Å². The SMILES string of the molecule is COCC(O)CN(C)C1CNC1. The minimum atomic E-state index is -0.361. The van der Waals surface area contributed by atoms with Crippen molar-refractivity contribution in [1.82, 2.24) is 10.2 Å². The van der Waals surface area contributed by atoms with Crippen LogP contribution in [0.5, 0.6) is 0 Å². The van der Waals surface area contributed by atoms with E-state index < -0.39 is 0 Å². The van der Waals surface area contributed by atoms with Gasteiger partial charge in [0.1, 0.15) is 0 Å². The molecular formula is C8H18N2O2. The molecule has 0 aliphatic carbocycles. The van der Waals surface area contributed by atoms with Crippen LogP contribution in [-0.2, 0) is 4.74 Å².